The molecule has 1 amide bonds. The van der Waals surface area contributed by atoms with Crippen LogP contribution < -0.4 is 11.1 Å². The van der Waals surface area contributed by atoms with Crippen LogP contribution in [0, 0.1) is 0 Å². The molecule has 1 fully saturated rings. The minimum atomic E-state index is -0.366. The summed E-state index contributed by atoms with van der Waals surface area (Å²) in [6.45, 7) is 2.80. The van der Waals surface area contributed by atoms with E-state index in [2.05, 4.69) is 10.5 Å². The lowest BCUT2D eigenvalue weighted by Gasteiger charge is -2.32. The average molecular weight is 172 g/mol. The molecule has 6 nitrogen and oxygen atoms in total. The van der Waals surface area contributed by atoms with Gasteiger partial charge in [-0.25, -0.2) is 0 Å². The summed E-state index contributed by atoms with van der Waals surface area (Å²) >= 11 is 0. The van der Waals surface area contributed by atoms with E-state index in [0.29, 0.717) is 13.1 Å². The predicted molar refractivity (Wildman–Crippen MR) is 42.6 cm³/mol. The van der Waals surface area contributed by atoms with Gasteiger partial charge in [-0.3, -0.25) is 4.79 Å². The standard InChI is InChI=1S/C6H12N4O2/c1-4-5(11)8-2-3-10(4)6(7)9-12/h4,12H,2-3H2,1H3,(H2,7,9)(H,8,11). The maximum atomic E-state index is 11.1. The molecule has 12 heavy (non-hydrogen) atoms. The predicted octanol–water partition coefficient (Wildman–Crippen LogP) is -1.49. The largest absolute Gasteiger partial charge is 0.408 e. The van der Waals surface area contributed by atoms with Gasteiger partial charge in [-0.2, -0.15) is 0 Å². The van der Waals surface area contributed by atoms with E-state index in [1.165, 1.54) is 0 Å². The molecular weight excluding hydrogens is 160 g/mol. The molecule has 0 saturated carbocycles. The lowest BCUT2D eigenvalue weighted by molar-refractivity contribution is -0.126. The number of amides is 1. The molecule has 1 aliphatic rings. The van der Waals surface area contributed by atoms with E-state index in [9.17, 15) is 4.79 Å². The number of carbonyl (C=O) groups is 1. The Morgan fingerprint density at radius 3 is 3.17 bits per heavy atom. The summed E-state index contributed by atoms with van der Waals surface area (Å²) in [5.74, 6) is -0.120. The van der Waals surface area contributed by atoms with Gasteiger partial charge in [0.25, 0.3) is 0 Å². The van der Waals surface area contributed by atoms with Crippen molar-refractivity contribution in [3.05, 3.63) is 0 Å². The van der Waals surface area contributed by atoms with Crippen molar-refractivity contribution < 1.29 is 10.0 Å². The maximum Gasteiger partial charge on any atom is 0.242 e. The number of rotatable bonds is 0. The van der Waals surface area contributed by atoms with Crippen LogP contribution in [0.15, 0.2) is 5.16 Å². The van der Waals surface area contributed by atoms with Crippen molar-refractivity contribution in [2.75, 3.05) is 13.1 Å². The van der Waals surface area contributed by atoms with Gasteiger partial charge in [-0.1, -0.05) is 5.16 Å². The number of hydrogen-bond acceptors (Lipinski definition) is 3. The molecule has 0 aliphatic carbocycles. The molecule has 0 aromatic rings. The van der Waals surface area contributed by atoms with E-state index in [1.54, 1.807) is 11.8 Å². The van der Waals surface area contributed by atoms with Crippen LogP contribution in [0.2, 0.25) is 0 Å². The van der Waals surface area contributed by atoms with Gasteiger partial charge in [-0.05, 0) is 6.92 Å². The van der Waals surface area contributed by atoms with Crippen molar-refractivity contribution in [1.29, 1.82) is 0 Å². The Kier molecular flexibility index (Phi) is 2.37. The maximum absolute atomic E-state index is 11.1. The van der Waals surface area contributed by atoms with E-state index in [-0.39, 0.29) is 17.9 Å². The van der Waals surface area contributed by atoms with Gasteiger partial charge in [0.1, 0.15) is 6.04 Å². The minimum absolute atomic E-state index is 0.0163. The van der Waals surface area contributed by atoms with Gasteiger partial charge in [0.05, 0.1) is 0 Å². The topological polar surface area (TPSA) is 91.0 Å². The lowest BCUT2D eigenvalue weighted by Crippen LogP contribution is -2.57. The summed E-state index contributed by atoms with van der Waals surface area (Å²) in [5, 5.41) is 13.9. The molecule has 1 unspecified atom stereocenters. The minimum Gasteiger partial charge on any atom is -0.408 e. The Labute approximate surface area is 70.0 Å². The van der Waals surface area contributed by atoms with Crippen molar-refractivity contribution in [3.63, 3.8) is 0 Å². The van der Waals surface area contributed by atoms with Crippen LogP contribution in [0.25, 0.3) is 0 Å². The van der Waals surface area contributed by atoms with Crippen LogP contribution in [0.4, 0.5) is 0 Å². The molecule has 0 bridgehead atoms. The van der Waals surface area contributed by atoms with Crippen LogP contribution in [0.3, 0.4) is 0 Å². The van der Waals surface area contributed by atoms with Gasteiger partial charge >= 0.3 is 0 Å². The van der Waals surface area contributed by atoms with Gasteiger partial charge in [0, 0.05) is 13.1 Å². The second-order valence-corrected chi connectivity index (χ2v) is 2.62. The molecule has 0 aromatic heterocycles. The zero-order valence-electron chi connectivity index (χ0n) is 6.82. The number of piperazine rings is 1. The number of hydrogen-bond donors (Lipinski definition) is 3. The fourth-order valence-corrected chi connectivity index (χ4v) is 1.15. The monoisotopic (exact) mass is 172 g/mol. The third kappa shape index (κ3) is 1.41. The molecule has 68 valence electrons. The third-order valence-electron chi connectivity index (χ3n) is 1.90. The summed E-state index contributed by atoms with van der Waals surface area (Å²) in [6.07, 6.45) is 0. The van der Waals surface area contributed by atoms with Crippen LogP contribution in [0.1, 0.15) is 6.92 Å². The smallest absolute Gasteiger partial charge is 0.242 e. The third-order valence-corrected chi connectivity index (χ3v) is 1.90. The zero-order chi connectivity index (χ0) is 9.14. The summed E-state index contributed by atoms with van der Waals surface area (Å²) in [4.78, 5) is 12.6. The normalized spacial score (nSPS) is 25.4. The van der Waals surface area contributed by atoms with E-state index >= 15 is 0 Å². The Morgan fingerprint density at radius 1 is 1.92 bits per heavy atom. The molecule has 0 spiro atoms. The molecule has 1 rings (SSSR count). The second kappa shape index (κ2) is 3.29. The van der Waals surface area contributed by atoms with Crippen molar-refractivity contribution in [2.45, 2.75) is 13.0 Å². The highest BCUT2D eigenvalue weighted by Gasteiger charge is 2.26. The number of nitrogens with two attached hydrogens (primary N) is 1. The lowest BCUT2D eigenvalue weighted by atomic mass is 10.2. The first-order valence-electron chi connectivity index (χ1n) is 3.68. The highest BCUT2D eigenvalue weighted by molar-refractivity contribution is 5.88. The molecule has 0 radical (unpaired) electrons. The van der Waals surface area contributed by atoms with Crippen molar-refractivity contribution >= 4 is 11.9 Å². The van der Waals surface area contributed by atoms with E-state index < -0.39 is 0 Å². The number of guanidine groups is 1. The molecule has 6 heteroatoms. The molecule has 1 saturated heterocycles. The number of nitrogens with zero attached hydrogens (tertiary/aromatic N) is 2. The molecule has 1 heterocycles. The Balaban J connectivity index is 2.70. The SMILES string of the molecule is CC1C(=O)NCCN1C(N)=NO. The van der Waals surface area contributed by atoms with Crippen molar-refractivity contribution in [3.8, 4) is 0 Å². The van der Waals surface area contributed by atoms with Crippen LogP contribution >= 0.6 is 0 Å². The highest BCUT2D eigenvalue weighted by Crippen LogP contribution is 2.02. The first kappa shape index (κ1) is 8.63. The summed E-state index contributed by atoms with van der Waals surface area (Å²) < 4.78 is 0. The van der Waals surface area contributed by atoms with E-state index in [1.807, 2.05) is 0 Å². The number of oxime groups is 1. The summed E-state index contributed by atoms with van der Waals surface area (Å²) in [7, 11) is 0. The van der Waals surface area contributed by atoms with E-state index in [4.69, 9.17) is 10.9 Å². The quantitative estimate of drug-likeness (QED) is 0.180. The molecule has 1 atom stereocenters. The average Bonchev–Trinajstić information content (AvgIpc) is 2.08. The summed E-state index contributed by atoms with van der Waals surface area (Å²) in [5.41, 5.74) is 5.35. The van der Waals surface area contributed by atoms with Gasteiger partial charge in [-0.15, -0.1) is 0 Å². The first-order valence-corrected chi connectivity index (χ1v) is 3.68. The zero-order valence-corrected chi connectivity index (χ0v) is 6.82. The second-order valence-electron chi connectivity index (χ2n) is 2.62. The Morgan fingerprint density at radius 2 is 2.58 bits per heavy atom. The molecule has 4 N–H and O–H groups in total. The van der Waals surface area contributed by atoms with Crippen LogP contribution in [-0.2, 0) is 4.79 Å². The van der Waals surface area contributed by atoms with Crippen LogP contribution in [0.5, 0.6) is 0 Å². The van der Waals surface area contributed by atoms with Crippen molar-refractivity contribution in [1.82, 2.24) is 10.2 Å². The van der Waals surface area contributed by atoms with Crippen molar-refractivity contribution in [2.24, 2.45) is 10.9 Å². The highest BCUT2D eigenvalue weighted by atomic mass is 16.4. The fourth-order valence-electron chi connectivity index (χ4n) is 1.15. The molecular formula is C6H12N4O2. The summed E-state index contributed by atoms with van der Waals surface area (Å²) in [6, 6.07) is -0.366. The van der Waals surface area contributed by atoms with Gasteiger partial charge in [0.2, 0.25) is 11.9 Å². The molecule has 0 aromatic carbocycles. The van der Waals surface area contributed by atoms with Gasteiger partial charge in [0.15, 0.2) is 0 Å². The Bertz CT molecular complexity index is 216. The van der Waals surface area contributed by atoms with Gasteiger partial charge < -0.3 is 21.2 Å². The Hall–Kier alpha value is -1.46. The number of carbonyl (C=O) groups excluding carboxylic acids is 1. The van der Waals surface area contributed by atoms with E-state index in [0.717, 1.165) is 0 Å². The van der Waals surface area contributed by atoms with Crippen LogP contribution in [-0.4, -0.2) is 41.1 Å². The molecule has 1 aliphatic heterocycles. The first-order chi connectivity index (χ1) is 5.66. The fraction of sp³-hybridized carbons (Fsp3) is 0.667. The number of nitrogens with one attached hydrogen (secondary N) is 1.